The molecule has 8 heteroatoms. The van der Waals surface area contributed by atoms with Gasteiger partial charge in [0.05, 0.1) is 12.3 Å². The van der Waals surface area contributed by atoms with Gasteiger partial charge in [-0.2, -0.15) is 15.1 Å². The summed E-state index contributed by atoms with van der Waals surface area (Å²) in [6, 6.07) is 9.80. The van der Waals surface area contributed by atoms with E-state index in [1.165, 1.54) is 0 Å². The standard InChI is InChI=1S/C19H19N5O3/c1-5-25-17-15-18(27-16(20-15)13-8-6-7-11(2)9-13)22-19(21-17)26-14-10-12(3)23-24(14)4/h6-10H,5H2,1-4H3. The van der Waals surface area contributed by atoms with Crippen molar-refractivity contribution in [1.82, 2.24) is 24.7 Å². The van der Waals surface area contributed by atoms with Crippen LogP contribution in [0.4, 0.5) is 0 Å². The van der Waals surface area contributed by atoms with Crippen molar-refractivity contribution in [2.75, 3.05) is 6.61 Å². The van der Waals surface area contributed by atoms with E-state index in [0.29, 0.717) is 35.5 Å². The highest BCUT2D eigenvalue weighted by atomic mass is 16.5. The Morgan fingerprint density at radius 3 is 2.67 bits per heavy atom. The van der Waals surface area contributed by atoms with Crippen molar-refractivity contribution in [3.05, 3.63) is 41.6 Å². The van der Waals surface area contributed by atoms with Crippen molar-refractivity contribution < 1.29 is 13.9 Å². The summed E-state index contributed by atoms with van der Waals surface area (Å²) >= 11 is 0. The molecule has 4 aromatic rings. The van der Waals surface area contributed by atoms with Crippen molar-refractivity contribution in [3.8, 4) is 29.2 Å². The maximum absolute atomic E-state index is 5.87. The second kappa shape index (κ2) is 6.71. The van der Waals surface area contributed by atoms with E-state index < -0.39 is 0 Å². The normalized spacial score (nSPS) is 11.1. The second-order valence-corrected chi connectivity index (χ2v) is 6.14. The molecule has 138 valence electrons. The Balaban J connectivity index is 1.79. The number of aryl methyl sites for hydroxylation is 3. The minimum absolute atomic E-state index is 0.112. The van der Waals surface area contributed by atoms with Crippen LogP contribution < -0.4 is 9.47 Å². The van der Waals surface area contributed by atoms with Crippen LogP contribution >= 0.6 is 0 Å². The number of fused-ring (bicyclic) bond motifs is 1. The highest BCUT2D eigenvalue weighted by Crippen LogP contribution is 2.31. The molecule has 0 N–H and O–H groups in total. The van der Waals surface area contributed by atoms with E-state index in [1.54, 1.807) is 17.8 Å². The number of ether oxygens (including phenoxy) is 2. The van der Waals surface area contributed by atoms with Crippen LogP contribution in [0.1, 0.15) is 18.2 Å². The molecule has 3 aromatic heterocycles. The van der Waals surface area contributed by atoms with Crippen LogP contribution in [-0.4, -0.2) is 31.3 Å². The highest BCUT2D eigenvalue weighted by Gasteiger charge is 2.19. The van der Waals surface area contributed by atoms with E-state index in [4.69, 9.17) is 13.9 Å². The first-order valence-electron chi connectivity index (χ1n) is 8.60. The molecule has 0 unspecified atom stereocenters. The monoisotopic (exact) mass is 365 g/mol. The first kappa shape index (κ1) is 17.0. The molecule has 3 heterocycles. The molecule has 1 aromatic carbocycles. The van der Waals surface area contributed by atoms with Crippen LogP contribution in [0.2, 0.25) is 0 Å². The van der Waals surface area contributed by atoms with Crippen molar-refractivity contribution in [2.24, 2.45) is 7.05 Å². The Bertz CT molecular complexity index is 1120. The molecule has 0 radical (unpaired) electrons. The number of aromatic nitrogens is 5. The number of nitrogens with zero attached hydrogens (tertiary/aromatic N) is 5. The number of benzene rings is 1. The third kappa shape index (κ3) is 3.33. The van der Waals surface area contributed by atoms with Crippen LogP contribution in [0.25, 0.3) is 22.7 Å². The zero-order valence-electron chi connectivity index (χ0n) is 15.6. The molecule has 0 spiro atoms. The fourth-order valence-corrected chi connectivity index (χ4v) is 2.74. The van der Waals surface area contributed by atoms with E-state index >= 15 is 0 Å². The minimum atomic E-state index is 0.112. The molecule has 27 heavy (non-hydrogen) atoms. The lowest BCUT2D eigenvalue weighted by atomic mass is 10.1. The Kier molecular flexibility index (Phi) is 4.23. The average molecular weight is 365 g/mol. The van der Waals surface area contributed by atoms with Crippen LogP contribution in [0.3, 0.4) is 0 Å². The van der Waals surface area contributed by atoms with Crippen molar-refractivity contribution >= 4 is 11.2 Å². The predicted octanol–water partition coefficient (Wildman–Crippen LogP) is 3.83. The summed E-state index contributed by atoms with van der Waals surface area (Å²) in [7, 11) is 1.79. The summed E-state index contributed by atoms with van der Waals surface area (Å²) in [5, 5.41) is 4.25. The Morgan fingerprint density at radius 2 is 1.96 bits per heavy atom. The van der Waals surface area contributed by atoms with Gasteiger partial charge in [-0.25, -0.2) is 9.67 Å². The zero-order chi connectivity index (χ0) is 19.0. The number of hydrogen-bond donors (Lipinski definition) is 0. The van der Waals surface area contributed by atoms with E-state index in [0.717, 1.165) is 16.8 Å². The topological polar surface area (TPSA) is 88.1 Å². The summed E-state index contributed by atoms with van der Waals surface area (Å²) in [5.74, 6) is 1.30. The molecule has 0 saturated carbocycles. The molecule has 4 rings (SSSR count). The summed E-state index contributed by atoms with van der Waals surface area (Å²) in [6.07, 6.45) is 0. The van der Waals surface area contributed by atoms with E-state index in [2.05, 4.69) is 20.1 Å². The van der Waals surface area contributed by atoms with Gasteiger partial charge < -0.3 is 13.9 Å². The van der Waals surface area contributed by atoms with Crippen molar-refractivity contribution in [2.45, 2.75) is 20.8 Å². The van der Waals surface area contributed by atoms with Gasteiger partial charge in [0.25, 0.3) is 11.6 Å². The van der Waals surface area contributed by atoms with E-state index in [1.807, 2.05) is 45.0 Å². The fraction of sp³-hybridized carbons (Fsp3) is 0.263. The quantitative estimate of drug-likeness (QED) is 0.531. The zero-order valence-corrected chi connectivity index (χ0v) is 15.6. The molecule has 0 amide bonds. The molecule has 0 bridgehead atoms. The molecule has 0 fully saturated rings. The Hall–Kier alpha value is -3.42. The number of oxazole rings is 1. The van der Waals surface area contributed by atoms with Crippen molar-refractivity contribution in [1.29, 1.82) is 0 Å². The maximum atomic E-state index is 5.87. The number of hydrogen-bond acceptors (Lipinski definition) is 7. The van der Waals surface area contributed by atoms with Gasteiger partial charge >= 0.3 is 6.01 Å². The Labute approximate surface area is 155 Å². The molecule has 0 aliphatic rings. The molecule has 0 atom stereocenters. The molecule has 0 aliphatic carbocycles. The van der Waals surface area contributed by atoms with Crippen molar-refractivity contribution in [3.63, 3.8) is 0 Å². The Morgan fingerprint density at radius 1 is 1.11 bits per heavy atom. The highest BCUT2D eigenvalue weighted by molar-refractivity contribution is 5.78. The largest absolute Gasteiger partial charge is 0.476 e. The first-order chi connectivity index (χ1) is 13.0. The van der Waals surface area contributed by atoms with Gasteiger partial charge in [0.15, 0.2) is 5.52 Å². The van der Waals surface area contributed by atoms with Gasteiger partial charge in [0.2, 0.25) is 11.8 Å². The van der Waals surface area contributed by atoms with Crippen LogP contribution in [-0.2, 0) is 7.05 Å². The minimum Gasteiger partial charge on any atom is -0.476 e. The molecule has 8 nitrogen and oxygen atoms in total. The third-order valence-corrected chi connectivity index (χ3v) is 3.91. The smallest absolute Gasteiger partial charge is 0.330 e. The molecule has 0 aliphatic heterocycles. The van der Waals surface area contributed by atoms with Crippen LogP contribution in [0.15, 0.2) is 34.7 Å². The summed E-state index contributed by atoms with van der Waals surface area (Å²) in [4.78, 5) is 13.2. The van der Waals surface area contributed by atoms with Gasteiger partial charge in [0, 0.05) is 18.7 Å². The lowest BCUT2D eigenvalue weighted by molar-refractivity contribution is 0.319. The third-order valence-electron chi connectivity index (χ3n) is 3.91. The summed E-state index contributed by atoms with van der Waals surface area (Å²) in [5.41, 5.74) is 3.57. The van der Waals surface area contributed by atoms with Gasteiger partial charge in [-0.3, -0.25) is 0 Å². The molecular formula is C19H19N5O3. The SMILES string of the molecule is CCOc1nc(Oc2cc(C)nn2C)nc2oc(-c3cccc(C)c3)nc12. The lowest BCUT2D eigenvalue weighted by Gasteiger charge is -2.06. The van der Waals surface area contributed by atoms with Gasteiger partial charge in [-0.05, 0) is 32.9 Å². The first-order valence-corrected chi connectivity index (χ1v) is 8.60. The second-order valence-electron chi connectivity index (χ2n) is 6.14. The molecule has 0 saturated heterocycles. The van der Waals surface area contributed by atoms with Gasteiger partial charge in [0.1, 0.15) is 0 Å². The summed E-state index contributed by atoms with van der Waals surface area (Å²) in [6.45, 7) is 6.20. The lowest BCUT2D eigenvalue weighted by Crippen LogP contribution is -2.01. The fourth-order valence-electron chi connectivity index (χ4n) is 2.74. The van der Waals surface area contributed by atoms with Gasteiger partial charge in [-0.1, -0.05) is 17.7 Å². The van der Waals surface area contributed by atoms with Gasteiger partial charge in [-0.15, -0.1) is 0 Å². The van der Waals surface area contributed by atoms with Crippen LogP contribution in [0.5, 0.6) is 17.8 Å². The average Bonchev–Trinajstić information content (AvgIpc) is 3.18. The summed E-state index contributed by atoms with van der Waals surface area (Å²) < 4.78 is 18.9. The molecular weight excluding hydrogens is 346 g/mol. The van der Waals surface area contributed by atoms with Crippen LogP contribution in [0, 0.1) is 13.8 Å². The van der Waals surface area contributed by atoms with E-state index in [9.17, 15) is 0 Å². The number of rotatable bonds is 5. The predicted molar refractivity (Wildman–Crippen MR) is 99.0 cm³/mol. The van der Waals surface area contributed by atoms with E-state index in [-0.39, 0.29) is 6.01 Å². The maximum Gasteiger partial charge on any atom is 0.330 e.